The minimum absolute atomic E-state index is 0.0488. The van der Waals surface area contributed by atoms with Gasteiger partial charge in [0, 0.05) is 6.61 Å². The van der Waals surface area contributed by atoms with Crippen LogP contribution in [0.4, 0.5) is 0 Å². The minimum Gasteiger partial charge on any atom is -0.468 e. The number of aliphatic hydroxyl groups excluding tert-OH is 1. The van der Waals surface area contributed by atoms with Gasteiger partial charge in [0.2, 0.25) is 0 Å². The fraction of sp³-hybridized carbons (Fsp3) is 0.900. The minimum atomic E-state index is -0.229. The second-order valence-electron chi connectivity index (χ2n) is 3.13. The molecule has 0 aromatic carbocycles. The first-order valence-electron chi connectivity index (χ1n) is 5.26. The van der Waals surface area contributed by atoms with Crippen LogP contribution in [-0.4, -0.2) is 50.6 Å². The van der Waals surface area contributed by atoms with Crippen LogP contribution in [0.1, 0.15) is 19.8 Å². The van der Waals surface area contributed by atoms with Crippen LogP contribution in [0.15, 0.2) is 0 Å². The first kappa shape index (κ1) is 14.3. The first-order chi connectivity index (χ1) is 7.26. The maximum atomic E-state index is 11.2. The Hall–Kier alpha value is -0.650. The van der Waals surface area contributed by atoms with E-state index in [0.717, 1.165) is 6.42 Å². The molecule has 15 heavy (non-hydrogen) atoms. The molecular weight excluding hydrogens is 198 g/mol. The van der Waals surface area contributed by atoms with E-state index in [9.17, 15) is 4.79 Å². The van der Waals surface area contributed by atoms with E-state index in [1.54, 1.807) is 0 Å². The van der Waals surface area contributed by atoms with E-state index < -0.39 is 0 Å². The lowest BCUT2D eigenvalue weighted by molar-refractivity contribution is -0.143. The van der Waals surface area contributed by atoms with E-state index in [2.05, 4.69) is 10.1 Å². The highest BCUT2D eigenvalue weighted by Gasteiger charge is 2.14. The third-order valence-electron chi connectivity index (χ3n) is 1.99. The molecule has 0 spiro atoms. The summed E-state index contributed by atoms with van der Waals surface area (Å²) in [6, 6.07) is -0.229. The zero-order valence-electron chi connectivity index (χ0n) is 9.49. The molecule has 5 heteroatoms. The molecule has 0 aromatic rings. The van der Waals surface area contributed by atoms with Crippen LogP contribution < -0.4 is 5.32 Å². The summed E-state index contributed by atoms with van der Waals surface area (Å²) in [5, 5.41) is 11.5. The summed E-state index contributed by atoms with van der Waals surface area (Å²) in [7, 11) is 1.39. The van der Waals surface area contributed by atoms with Crippen LogP contribution >= 0.6 is 0 Å². The molecule has 0 bridgehead atoms. The molecule has 0 heterocycles. The Kier molecular flexibility index (Phi) is 9.46. The quantitative estimate of drug-likeness (QED) is 0.419. The summed E-state index contributed by atoms with van der Waals surface area (Å²) in [5.41, 5.74) is 0. The zero-order chi connectivity index (χ0) is 11.5. The van der Waals surface area contributed by atoms with Gasteiger partial charge in [-0.1, -0.05) is 6.92 Å². The number of nitrogens with one attached hydrogen (secondary N) is 1. The Balaban J connectivity index is 3.42. The van der Waals surface area contributed by atoms with Gasteiger partial charge in [-0.05, 0) is 19.4 Å². The molecule has 2 N–H and O–H groups in total. The molecule has 90 valence electrons. The second kappa shape index (κ2) is 9.89. The smallest absolute Gasteiger partial charge is 0.322 e. The van der Waals surface area contributed by atoms with E-state index in [4.69, 9.17) is 9.84 Å². The van der Waals surface area contributed by atoms with Crippen molar-refractivity contribution in [2.75, 3.05) is 33.5 Å². The molecular formula is C10H21NO4. The van der Waals surface area contributed by atoms with E-state index in [1.807, 2.05) is 6.92 Å². The molecule has 0 aliphatic heterocycles. The highest BCUT2D eigenvalue weighted by Crippen LogP contribution is 1.94. The lowest BCUT2D eigenvalue weighted by Crippen LogP contribution is -2.37. The molecule has 0 saturated heterocycles. The normalized spacial score (nSPS) is 12.5. The monoisotopic (exact) mass is 219 g/mol. The van der Waals surface area contributed by atoms with Crippen molar-refractivity contribution in [2.24, 2.45) is 0 Å². The van der Waals surface area contributed by atoms with Crippen molar-refractivity contribution in [1.82, 2.24) is 5.32 Å². The number of hydrogen-bond donors (Lipinski definition) is 2. The Morgan fingerprint density at radius 3 is 2.73 bits per heavy atom. The Morgan fingerprint density at radius 1 is 1.47 bits per heavy atom. The lowest BCUT2D eigenvalue weighted by Gasteiger charge is -2.14. The molecule has 0 aromatic heterocycles. The van der Waals surface area contributed by atoms with Crippen LogP contribution in [0.5, 0.6) is 0 Å². The van der Waals surface area contributed by atoms with Crippen molar-refractivity contribution in [1.29, 1.82) is 0 Å². The predicted octanol–water partition coefficient (Wildman–Crippen LogP) is -0.0734. The Labute approximate surface area is 90.8 Å². The van der Waals surface area contributed by atoms with Gasteiger partial charge in [0.25, 0.3) is 0 Å². The summed E-state index contributed by atoms with van der Waals surface area (Å²) >= 11 is 0. The fourth-order valence-electron chi connectivity index (χ4n) is 1.15. The predicted molar refractivity (Wildman–Crippen MR) is 56.6 cm³/mol. The molecule has 0 saturated carbocycles. The van der Waals surface area contributed by atoms with Gasteiger partial charge in [-0.2, -0.15) is 0 Å². The number of carbonyl (C=O) groups excluding carboxylic acids is 1. The molecule has 5 nitrogen and oxygen atoms in total. The number of carbonyl (C=O) groups is 1. The van der Waals surface area contributed by atoms with Crippen molar-refractivity contribution in [3.63, 3.8) is 0 Å². The molecule has 0 radical (unpaired) electrons. The largest absolute Gasteiger partial charge is 0.468 e. The third-order valence-corrected chi connectivity index (χ3v) is 1.99. The van der Waals surface area contributed by atoms with E-state index >= 15 is 0 Å². The molecule has 1 unspecified atom stereocenters. The summed E-state index contributed by atoms with van der Waals surface area (Å²) in [4.78, 5) is 11.2. The second-order valence-corrected chi connectivity index (χ2v) is 3.13. The topological polar surface area (TPSA) is 67.8 Å². The van der Waals surface area contributed by atoms with Gasteiger partial charge in [-0.15, -0.1) is 0 Å². The van der Waals surface area contributed by atoms with Crippen molar-refractivity contribution in [3.8, 4) is 0 Å². The van der Waals surface area contributed by atoms with Crippen molar-refractivity contribution >= 4 is 5.97 Å². The van der Waals surface area contributed by atoms with Gasteiger partial charge in [0.05, 0.1) is 20.3 Å². The number of methoxy groups -OCH3 is 1. The molecule has 0 rings (SSSR count). The summed E-state index contributed by atoms with van der Waals surface area (Å²) in [5.74, 6) is -0.228. The molecule has 0 aliphatic carbocycles. The summed E-state index contributed by atoms with van der Waals surface area (Å²) in [6.07, 6.45) is 1.53. The van der Waals surface area contributed by atoms with Gasteiger partial charge in [-0.25, -0.2) is 0 Å². The number of esters is 1. The first-order valence-corrected chi connectivity index (χ1v) is 5.26. The average molecular weight is 219 g/mol. The van der Waals surface area contributed by atoms with E-state index in [-0.39, 0.29) is 18.6 Å². The van der Waals surface area contributed by atoms with Gasteiger partial charge in [-0.3, -0.25) is 4.79 Å². The van der Waals surface area contributed by atoms with Crippen molar-refractivity contribution in [3.05, 3.63) is 0 Å². The van der Waals surface area contributed by atoms with Gasteiger partial charge in [0.1, 0.15) is 6.04 Å². The number of rotatable bonds is 9. The van der Waals surface area contributed by atoms with Crippen LogP contribution in [0.3, 0.4) is 0 Å². The van der Waals surface area contributed by atoms with Gasteiger partial charge in [0.15, 0.2) is 0 Å². The van der Waals surface area contributed by atoms with Crippen molar-refractivity contribution in [2.45, 2.75) is 25.8 Å². The van der Waals surface area contributed by atoms with Crippen LogP contribution in [-0.2, 0) is 14.3 Å². The SMILES string of the molecule is CCC(NCCCOCCO)C(=O)OC. The zero-order valence-corrected chi connectivity index (χ0v) is 9.49. The van der Waals surface area contributed by atoms with Gasteiger partial charge >= 0.3 is 5.97 Å². The summed E-state index contributed by atoms with van der Waals surface area (Å²) < 4.78 is 9.71. The standard InChI is InChI=1S/C10H21NO4/c1-3-9(10(13)14-2)11-5-4-7-15-8-6-12/h9,11-12H,3-8H2,1-2H3. The molecule has 1 atom stereocenters. The van der Waals surface area contributed by atoms with Crippen molar-refractivity contribution < 1.29 is 19.4 Å². The molecule has 0 aliphatic rings. The highest BCUT2D eigenvalue weighted by molar-refractivity contribution is 5.75. The number of ether oxygens (including phenoxy) is 2. The molecule has 0 amide bonds. The average Bonchev–Trinajstić information content (AvgIpc) is 2.27. The van der Waals surface area contributed by atoms with Crippen LogP contribution in [0, 0.1) is 0 Å². The number of aliphatic hydroxyl groups is 1. The number of hydrogen-bond acceptors (Lipinski definition) is 5. The van der Waals surface area contributed by atoms with Crippen LogP contribution in [0.2, 0.25) is 0 Å². The fourth-order valence-corrected chi connectivity index (χ4v) is 1.15. The highest BCUT2D eigenvalue weighted by atomic mass is 16.5. The third kappa shape index (κ3) is 7.30. The van der Waals surface area contributed by atoms with E-state index in [0.29, 0.717) is 26.2 Å². The maximum absolute atomic E-state index is 11.2. The Bertz CT molecular complexity index is 164. The maximum Gasteiger partial charge on any atom is 0.322 e. The van der Waals surface area contributed by atoms with Gasteiger partial charge < -0.3 is 19.9 Å². The Morgan fingerprint density at radius 2 is 2.20 bits per heavy atom. The molecule has 0 fully saturated rings. The van der Waals surface area contributed by atoms with Crippen LogP contribution in [0.25, 0.3) is 0 Å². The van der Waals surface area contributed by atoms with E-state index in [1.165, 1.54) is 7.11 Å². The summed E-state index contributed by atoms with van der Waals surface area (Å²) in [6.45, 7) is 3.64. The lowest BCUT2D eigenvalue weighted by atomic mass is 10.2.